The van der Waals surface area contributed by atoms with E-state index < -0.39 is 0 Å². The van der Waals surface area contributed by atoms with Crippen LogP contribution in [-0.2, 0) is 6.61 Å². The van der Waals surface area contributed by atoms with Crippen molar-refractivity contribution >= 4 is 0 Å². The highest BCUT2D eigenvalue weighted by Crippen LogP contribution is 2.27. The van der Waals surface area contributed by atoms with Crippen LogP contribution in [0.25, 0.3) is 0 Å². The first-order valence-corrected chi connectivity index (χ1v) is 5.74. The van der Waals surface area contributed by atoms with Gasteiger partial charge in [0.2, 0.25) is 0 Å². The molecule has 2 aromatic rings. The Bertz CT molecular complexity index is 564. The van der Waals surface area contributed by atoms with Gasteiger partial charge in [-0.2, -0.15) is 0 Å². The van der Waals surface area contributed by atoms with E-state index in [1.807, 2.05) is 13.0 Å². The van der Waals surface area contributed by atoms with E-state index in [0.717, 1.165) is 11.1 Å². The molecular formula is C15H15FO2. The number of ether oxygens (including phenoxy) is 1. The summed E-state index contributed by atoms with van der Waals surface area (Å²) in [5.41, 5.74) is 2.33. The Morgan fingerprint density at radius 3 is 2.44 bits per heavy atom. The topological polar surface area (TPSA) is 29.5 Å². The van der Waals surface area contributed by atoms with Gasteiger partial charge in [0.1, 0.15) is 17.3 Å². The molecule has 94 valence electrons. The van der Waals surface area contributed by atoms with Crippen molar-refractivity contribution in [3.8, 4) is 11.5 Å². The van der Waals surface area contributed by atoms with E-state index in [1.165, 1.54) is 6.07 Å². The number of aryl methyl sites for hydroxylation is 2. The molecule has 18 heavy (non-hydrogen) atoms. The molecule has 2 nitrogen and oxygen atoms in total. The Morgan fingerprint density at radius 1 is 1.06 bits per heavy atom. The Hall–Kier alpha value is -1.87. The first-order chi connectivity index (χ1) is 8.60. The molecule has 3 heteroatoms. The standard InChI is InChI=1S/C15H15FO2/c1-10-8-13(4-5-14(10)16)18-15-6-3-12(9-17)7-11(15)2/h3-8,17H,9H2,1-2H3. The third kappa shape index (κ3) is 2.68. The van der Waals surface area contributed by atoms with Crippen LogP contribution in [0.1, 0.15) is 16.7 Å². The third-order valence-electron chi connectivity index (χ3n) is 2.78. The predicted octanol–water partition coefficient (Wildman–Crippen LogP) is 3.73. The molecule has 0 radical (unpaired) electrons. The molecule has 0 atom stereocenters. The van der Waals surface area contributed by atoms with Crippen molar-refractivity contribution in [2.45, 2.75) is 20.5 Å². The van der Waals surface area contributed by atoms with Gasteiger partial charge in [-0.25, -0.2) is 4.39 Å². The van der Waals surface area contributed by atoms with Gasteiger partial charge in [0, 0.05) is 0 Å². The van der Waals surface area contributed by atoms with Crippen molar-refractivity contribution in [2.75, 3.05) is 0 Å². The van der Waals surface area contributed by atoms with E-state index in [0.29, 0.717) is 17.1 Å². The summed E-state index contributed by atoms with van der Waals surface area (Å²) in [7, 11) is 0. The zero-order valence-corrected chi connectivity index (χ0v) is 10.4. The first kappa shape index (κ1) is 12.6. The second kappa shape index (κ2) is 5.19. The summed E-state index contributed by atoms with van der Waals surface area (Å²) in [5, 5.41) is 9.03. The quantitative estimate of drug-likeness (QED) is 0.894. The van der Waals surface area contributed by atoms with E-state index >= 15 is 0 Å². The second-order valence-electron chi connectivity index (χ2n) is 4.27. The predicted molar refractivity (Wildman–Crippen MR) is 68.3 cm³/mol. The molecule has 0 unspecified atom stereocenters. The molecular weight excluding hydrogens is 231 g/mol. The smallest absolute Gasteiger partial charge is 0.130 e. The van der Waals surface area contributed by atoms with E-state index in [4.69, 9.17) is 9.84 Å². The SMILES string of the molecule is Cc1cc(Oc2ccc(CO)cc2C)ccc1F. The fourth-order valence-electron chi connectivity index (χ4n) is 1.73. The minimum Gasteiger partial charge on any atom is -0.457 e. The Kier molecular flexibility index (Phi) is 3.63. The van der Waals surface area contributed by atoms with Crippen molar-refractivity contribution in [2.24, 2.45) is 0 Å². The maximum atomic E-state index is 13.1. The van der Waals surface area contributed by atoms with Gasteiger partial charge in [0.05, 0.1) is 6.61 Å². The molecule has 1 N–H and O–H groups in total. The highest BCUT2D eigenvalue weighted by Gasteiger charge is 2.04. The van der Waals surface area contributed by atoms with Crippen LogP contribution >= 0.6 is 0 Å². The lowest BCUT2D eigenvalue weighted by Crippen LogP contribution is -1.91. The van der Waals surface area contributed by atoms with Crippen LogP contribution in [0, 0.1) is 19.7 Å². The number of hydrogen-bond acceptors (Lipinski definition) is 2. The third-order valence-corrected chi connectivity index (χ3v) is 2.78. The minimum absolute atomic E-state index is 0.0107. The summed E-state index contributed by atoms with van der Waals surface area (Å²) in [4.78, 5) is 0. The molecule has 0 fully saturated rings. The van der Waals surface area contributed by atoms with Gasteiger partial charge in [-0.05, 0) is 54.8 Å². The molecule has 0 amide bonds. The number of hydrogen-bond donors (Lipinski definition) is 1. The molecule has 0 saturated carbocycles. The van der Waals surface area contributed by atoms with Crippen molar-refractivity contribution in [1.82, 2.24) is 0 Å². The summed E-state index contributed by atoms with van der Waals surface area (Å²) in [5.74, 6) is 1.07. The maximum absolute atomic E-state index is 13.1. The zero-order valence-electron chi connectivity index (χ0n) is 10.4. The van der Waals surface area contributed by atoms with Gasteiger partial charge in [-0.3, -0.25) is 0 Å². The summed E-state index contributed by atoms with van der Waals surface area (Å²) < 4.78 is 18.8. The minimum atomic E-state index is -0.241. The largest absolute Gasteiger partial charge is 0.457 e. The number of rotatable bonds is 3. The van der Waals surface area contributed by atoms with Crippen LogP contribution in [0.5, 0.6) is 11.5 Å². The average molecular weight is 246 g/mol. The fourth-order valence-corrected chi connectivity index (χ4v) is 1.73. The lowest BCUT2D eigenvalue weighted by molar-refractivity contribution is 0.281. The van der Waals surface area contributed by atoms with Gasteiger partial charge in [0.15, 0.2) is 0 Å². The van der Waals surface area contributed by atoms with Gasteiger partial charge < -0.3 is 9.84 Å². The monoisotopic (exact) mass is 246 g/mol. The average Bonchev–Trinajstić information content (AvgIpc) is 2.36. The molecule has 0 aliphatic heterocycles. The Morgan fingerprint density at radius 2 is 1.83 bits per heavy atom. The van der Waals surface area contributed by atoms with E-state index in [9.17, 15) is 4.39 Å². The summed E-state index contributed by atoms with van der Waals surface area (Å²) in [6.45, 7) is 3.62. The summed E-state index contributed by atoms with van der Waals surface area (Å²) in [6.07, 6.45) is 0. The molecule has 0 saturated heterocycles. The van der Waals surface area contributed by atoms with E-state index in [2.05, 4.69) is 0 Å². The van der Waals surface area contributed by atoms with Crippen molar-refractivity contribution in [1.29, 1.82) is 0 Å². The molecule has 0 spiro atoms. The first-order valence-electron chi connectivity index (χ1n) is 5.74. The van der Waals surface area contributed by atoms with Gasteiger partial charge >= 0.3 is 0 Å². The highest BCUT2D eigenvalue weighted by atomic mass is 19.1. The molecule has 0 aliphatic carbocycles. The Labute approximate surface area is 106 Å². The van der Waals surface area contributed by atoms with Crippen LogP contribution in [0.4, 0.5) is 4.39 Å². The highest BCUT2D eigenvalue weighted by molar-refractivity contribution is 5.40. The zero-order chi connectivity index (χ0) is 13.1. The molecule has 0 aromatic heterocycles. The normalized spacial score (nSPS) is 10.4. The van der Waals surface area contributed by atoms with Crippen LogP contribution in [0.15, 0.2) is 36.4 Å². The van der Waals surface area contributed by atoms with Gasteiger partial charge in [-0.1, -0.05) is 12.1 Å². The molecule has 2 rings (SSSR count). The Balaban J connectivity index is 2.25. The number of aliphatic hydroxyl groups is 1. The summed E-state index contributed by atoms with van der Waals surface area (Å²) in [6, 6.07) is 10.1. The van der Waals surface area contributed by atoms with E-state index in [1.54, 1.807) is 31.2 Å². The molecule has 0 bridgehead atoms. The second-order valence-corrected chi connectivity index (χ2v) is 4.27. The van der Waals surface area contributed by atoms with Crippen LogP contribution in [0.3, 0.4) is 0 Å². The van der Waals surface area contributed by atoms with Gasteiger partial charge in [0.25, 0.3) is 0 Å². The van der Waals surface area contributed by atoms with Crippen molar-refractivity contribution in [3.05, 3.63) is 58.9 Å². The molecule has 0 aliphatic rings. The van der Waals surface area contributed by atoms with Crippen molar-refractivity contribution < 1.29 is 14.2 Å². The van der Waals surface area contributed by atoms with Gasteiger partial charge in [-0.15, -0.1) is 0 Å². The van der Waals surface area contributed by atoms with Crippen LogP contribution < -0.4 is 4.74 Å². The van der Waals surface area contributed by atoms with Crippen LogP contribution in [0.2, 0.25) is 0 Å². The van der Waals surface area contributed by atoms with E-state index in [-0.39, 0.29) is 12.4 Å². The number of benzene rings is 2. The molecule has 2 aromatic carbocycles. The maximum Gasteiger partial charge on any atom is 0.130 e. The number of halogens is 1. The lowest BCUT2D eigenvalue weighted by Gasteiger charge is -2.10. The number of aliphatic hydroxyl groups excluding tert-OH is 1. The van der Waals surface area contributed by atoms with Crippen molar-refractivity contribution in [3.63, 3.8) is 0 Å². The van der Waals surface area contributed by atoms with Crippen LogP contribution in [-0.4, -0.2) is 5.11 Å². The lowest BCUT2D eigenvalue weighted by atomic mass is 10.1. The summed E-state index contributed by atoms with van der Waals surface area (Å²) >= 11 is 0. The fraction of sp³-hybridized carbons (Fsp3) is 0.200. The molecule has 0 heterocycles.